The van der Waals surface area contributed by atoms with Crippen LogP contribution < -0.4 is 5.73 Å². The third kappa shape index (κ3) is 4.49. The second-order valence-corrected chi connectivity index (χ2v) is 3.41. The molecule has 2 atom stereocenters. The van der Waals surface area contributed by atoms with Crippen molar-refractivity contribution < 1.29 is 13.2 Å². The quantitative estimate of drug-likeness (QED) is 0.765. The first-order valence-corrected chi connectivity index (χ1v) is 4.77. The monoisotopic (exact) mass is 223 g/mol. The molecule has 2 N–H and O–H groups in total. The Kier molecular flexibility index (Phi) is 5.61. The summed E-state index contributed by atoms with van der Waals surface area (Å²) in [6, 6.07) is 0.256. The molecule has 2 unspecified atom stereocenters. The number of nitriles is 1. The van der Waals surface area contributed by atoms with Crippen molar-refractivity contribution >= 4 is 0 Å². The highest BCUT2D eigenvalue weighted by atomic mass is 19.4. The first-order chi connectivity index (χ1) is 6.86. The number of halogens is 3. The highest BCUT2D eigenvalue weighted by Gasteiger charge is 2.42. The van der Waals surface area contributed by atoms with Crippen LogP contribution in [0.4, 0.5) is 13.2 Å². The molecular formula is C9H16F3N3. The molecule has 0 aromatic heterocycles. The lowest BCUT2D eigenvalue weighted by molar-refractivity contribution is -0.181. The van der Waals surface area contributed by atoms with Gasteiger partial charge in [-0.15, -0.1) is 0 Å². The van der Waals surface area contributed by atoms with E-state index in [-0.39, 0.29) is 13.1 Å². The molecule has 3 nitrogen and oxygen atoms in total. The van der Waals surface area contributed by atoms with E-state index in [1.54, 1.807) is 13.8 Å². The number of nitrogens with zero attached hydrogens (tertiary/aromatic N) is 2. The molecule has 0 amide bonds. The van der Waals surface area contributed by atoms with Crippen molar-refractivity contribution in [2.75, 3.05) is 19.6 Å². The predicted octanol–water partition coefficient (Wildman–Crippen LogP) is 1.36. The highest BCUT2D eigenvalue weighted by Crippen LogP contribution is 2.24. The molecule has 15 heavy (non-hydrogen) atoms. The highest BCUT2D eigenvalue weighted by molar-refractivity contribution is 4.86. The number of hydrogen-bond acceptors (Lipinski definition) is 3. The molecule has 88 valence electrons. The third-order valence-electron chi connectivity index (χ3n) is 2.18. The van der Waals surface area contributed by atoms with Crippen molar-refractivity contribution in [2.45, 2.75) is 26.1 Å². The van der Waals surface area contributed by atoms with E-state index in [0.29, 0.717) is 0 Å². The average molecular weight is 223 g/mol. The topological polar surface area (TPSA) is 53.0 Å². The Hall–Kier alpha value is -0.800. The fraction of sp³-hybridized carbons (Fsp3) is 0.889. The molecule has 6 heteroatoms. The van der Waals surface area contributed by atoms with Crippen LogP contribution >= 0.6 is 0 Å². The van der Waals surface area contributed by atoms with Crippen LogP contribution in [0.2, 0.25) is 0 Å². The molecular weight excluding hydrogens is 207 g/mol. The Morgan fingerprint density at radius 2 is 2.00 bits per heavy atom. The lowest BCUT2D eigenvalue weighted by Crippen LogP contribution is -2.51. The van der Waals surface area contributed by atoms with Gasteiger partial charge >= 0.3 is 6.18 Å². The van der Waals surface area contributed by atoms with Crippen molar-refractivity contribution in [3.8, 4) is 6.07 Å². The minimum absolute atomic E-state index is 0.0916. The van der Waals surface area contributed by atoms with E-state index in [1.807, 2.05) is 6.07 Å². The average Bonchev–Trinajstić information content (AvgIpc) is 2.14. The lowest BCUT2D eigenvalue weighted by Gasteiger charge is -2.31. The van der Waals surface area contributed by atoms with E-state index >= 15 is 0 Å². The molecule has 0 rings (SSSR count). The van der Waals surface area contributed by atoms with Crippen LogP contribution in [0, 0.1) is 17.2 Å². The summed E-state index contributed by atoms with van der Waals surface area (Å²) in [5, 5.41) is 8.55. The van der Waals surface area contributed by atoms with E-state index < -0.39 is 24.7 Å². The minimum Gasteiger partial charge on any atom is -0.329 e. The molecule has 0 bridgehead atoms. The van der Waals surface area contributed by atoms with Gasteiger partial charge in [0.1, 0.15) is 6.04 Å². The molecule has 0 radical (unpaired) electrons. The minimum atomic E-state index is -4.33. The van der Waals surface area contributed by atoms with Gasteiger partial charge in [-0.05, 0) is 13.5 Å². The van der Waals surface area contributed by atoms with Crippen LogP contribution in [-0.2, 0) is 0 Å². The zero-order chi connectivity index (χ0) is 12.1. The summed E-state index contributed by atoms with van der Waals surface area (Å²) in [5.41, 5.74) is 5.11. The second-order valence-electron chi connectivity index (χ2n) is 3.41. The summed E-state index contributed by atoms with van der Waals surface area (Å²) in [7, 11) is 0. The Balaban J connectivity index is 4.56. The van der Waals surface area contributed by atoms with Gasteiger partial charge in [-0.1, -0.05) is 6.92 Å². The van der Waals surface area contributed by atoms with Gasteiger partial charge in [0, 0.05) is 13.1 Å². The lowest BCUT2D eigenvalue weighted by atomic mass is 10.1. The van der Waals surface area contributed by atoms with Gasteiger partial charge in [0.2, 0.25) is 0 Å². The zero-order valence-electron chi connectivity index (χ0n) is 8.88. The first-order valence-electron chi connectivity index (χ1n) is 4.77. The Bertz CT molecular complexity index is 222. The maximum Gasteiger partial charge on any atom is 0.405 e. The van der Waals surface area contributed by atoms with Crippen molar-refractivity contribution in [1.82, 2.24) is 4.90 Å². The summed E-state index contributed by atoms with van der Waals surface area (Å²) in [6.07, 6.45) is -4.33. The summed E-state index contributed by atoms with van der Waals surface area (Å²) in [5.74, 6) is -0.429. The van der Waals surface area contributed by atoms with Crippen LogP contribution in [0.3, 0.4) is 0 Å². The van der Waals surface area contributed by atoms with Gasteiger partial charge in [-0.2, -0.15) is 18.4 Å². The van der Waals surface area contributed by atoms with E-state index in [1.165, 1.54) is 4.90 Å². The molecule has 0 aromatic rings. The normalized spacial score (nSPS) is 16.1. The largest absolute Gasteiger partial charge is 0.405 e. The fourth-order valence-electron chi connectivity index (χ4n) is 1.36. The third-order valence-corrected chi connectivity index (χ3v) is 2.18. The van der Waals surface area contributed by atoms with Crippen LogP contribution in [0.15, 0.2) is 0 Å². The summed E-state index contributed by atoms with van der Waals surface area (Å²) < 4.78 is 37.5. The Morgan fingerprint density at radius 1 is 1.47 bits per heavy atom. The maximum atomic E-state index is 12.5. The first kappa shape index (κ1) is 14.2. The molecule has 0 spiro atoms. The smallest absolute Gasteiger partial charge is 0.329 e. The number of likely N-dealkylation sites (N-methyl/N-ethyl adjacent to an activating group) is 1. The van der Waals surface area contributed by atoms with Gasteiger partial charge in [0.15, 0.2) is 0 Å². The van der Waals surface area contributed by atoms with Crippen molar-refractivity contribution in [3.05, 3.63) is 0 Å². The molecule has 0 aliphatic rings. The van der Waals surface area contributed by atoms with Crippen molar-refractivity contribution in [2.24, 2.45) is 11.7 Å². The van der Waals surface area contributed by atoms with Crippen molar-refractivity contribution in [3.63, 3.8) is 0 Å². The van der Waals surface area contributed by atoms with E-state index in [4.69, 9.17) is 11.0 Å². The van der Waals surface area contributed by atoms with Gasteiger partial charge < -0.3 is 5.73 Å². The number of nitrogens with two attached hydrogens (primary N) is 1. The van der Waals surface area contributed by atoms with E-state index in [9.17, 15) is 13.2 Å². The standard InChI is InChI=1S/C9H16F3N3/c1-3-15(6-7(2)4-13)8(5-14)9(10,11)12/h7-8H,3,5-6,14H2,1-2H3. The molecule has 0 heterocycles. The van der Waals surface area contributed by atoms with E-state index in [2.05, 4.69) is 0 Å². The number of rotatable bonds is 5. The summed E-state index contributed by atoms with van der Waals surface area (Å²) in [4.78, 5) is 1.19. The fourth-order valence-corrected chi connectivity index (χ4v) is 1.36. The molecule has 0 aromatic carbocycles. The molecule has 0 aliphatic heterocycles. The Morgan fingerprint density at radius 3 is 2.27 bits per heavy atom. The molecule has 0 aliphatic carbocycles. The van der Waals surface area contributed by atoms with Crippen LogP contribution in [0.25, 0.3) is 0 Å². The van der Waals surface area contributed by atoms with Gasteiger partial charge in [-0.3, -0.25) is 4.90 Å². The Labute approximate surface area is 87.6 Å². The summed E-state index contributed by atoms with van der Waals surface area (Å²) >= 11 is 0. The zero-order valence-corrected chi connectivity index (χ0v) is 8.88. The van der Waals surface area contributed by atoms with E-state index in [0.717, 1.165) is 0 Å². The SMILES string of the molecule is CCN(CC(C)C#N)C(CN)C(F)(F)F. The van der Waals surface area contributed by atoms with Crippen molar-refractivity contribution in [1.29, 1.82) is 5.26 Å². The van der Waals surface area contributed by atoms with Crippen LogP contribution in [0.1, 0.15) is 13.8 Å². The van der Waals surface area contributed by atoms with Gasteiger partial charge in [-0.25, -0.2) is 0 Å². The number of hydrogen-bond donors (Lipinski definition) is 1. The van der Waals surface area contributed by atoms with Gasteiger partial charge in [0.05, 0.1) is 12.0 Å². The molecule has 0 saturated heterocycles. The molecule has 0 saturated carbocycles. The molecule has 0 fully saturated rings. The number of alkyl halides is 3. The van der Waals surface area contributed by atoms with Crippen LogP contribution in [-0.4, -0.2) is 36.8 Å². The van der Waals surface area contributed by atoms with Crippen LogP contribution in [0.5, 0.6) is 0 Å². The predicted molar refractivity (Wildman–Crippen MR) is 50.9 cm³/mol. The van der Waals surface area contributed by atoms with Gasteiger partial charge in [0.25, 0.3) is 0 Å². The second kappa shape index (κ2) is 5.93. The summed E-state index contributed by atoms with van der Waals surface area (Å²) in [6.45, 7) is 3.06. The maximum absolute atomic E-state index is 12.5.